The van der Waals surface area contributed by atoms with Gasteiger partial charge in [0.05, 0.1) is 12.3 Å². The van der Waals surface area contributed by atoms with Gasteiger partial charge in [0.15, 0.2) is 0 Å². The first-order valence-electron chi connectivity index (χ1n) is 6.68. The Morgan fingerprint density at radius 2 is 1.88 bits per heavy atom. The van der Waals surface area contributed by atoms with Crippen LogP contribution in [0.2, 0.25) is 5.02 Å². The molecule has 0 saturated heterocycles. The van der Waals surface area contributed by atoms with E-state index in [1.165, 1.54) is 7.11 Å². The van der Waals surface area contributed by atoms with E-state index in [9.17, 15) is 13.2 Å². The second-order valence-corrected chi connectivity index (χ2v) is 5.34. The number of nitrogens with zero attached hydrogens (tertiary/aromatic N) is 4. The highest BCUT2D eigenvalue weighted by atomic mass is 35.5. The van der Waals surface area contributed by atoms with E-state index in [4.69, 9.17) is 22.1 Å². The number of nitrogens with two attached hydrogens (primary N) is 1. The van der Waals surface area contributed by atoms with Crippen molar-refractivity contribution in [2.75, 3.05) is 12.8 Å². The van der Waals surface area contributed by atoms with E-state index in [0.29, 0.717) is 21.8 Å². The van der Waals surface area contributed by atoms with Gasteiger partial charge in [0.25, 0.3) is 11.6 Å². The SMILES string of the molecule is COCc1nc2nc(C(F)(F)F)nn2c(N)c1-c1ccc(Cl)cc1. The summed E-state index contributed by atoms with van der Waals surface area (Å²) in [5.41, 5.74) is 7.44. The average molecular weight is 358 g/mol. The van der Waals surface area contributed by atoms with Crippen molar-refractivity contribution in [1.29, 1.82) is 0 Å². The third kappa shape index (κ3) is 2.87. The van der Waals surface area contributed by atoms with Gasteiger partial charge in [-0.25, -0.2) is 4.98 Å². The molecule has 0 aliphatic rings. The van der Waals surface area contributed by atoms with E-state index >= 15 is 0 Å². The van der Waals surface area contributed by atoms with Crippen molar-refractivity contribution in [2.24, 2.45) is 0 Å². The molecule has 126 valence electrons. The van der Waals surface area contributed by atoms with E-state index < -0.39 is 12.0 Å². The Morgan fingerprint density at radius 1 is 1.21 bits per heavy atom. The van der Waals surface area contributed by atoms with Crippen LogP contribution in [0.1, 0.15) is 11.5 Å². The third-order valence-electron chi connectivity index (χ3n) is 3.27. The quantitative estimate of drug-likeness (QED) is 0.778. The molecular formula is C14H11ClF3N5O. The summed E-state index contributed by atoms with van der Waals surface area (Å²) >= 11 is 5.86. The average Bonchev–Trinajstić information content (AvgIpc) is 2.94. The monoisotopic (exact) mass is 357 g/mol. The van der Waals surface area contributed by atoms with Gasteiger partial charge in [0.1, 0.15) is 5.82 Å². The lowest BCUT2D eigenvalue weighted by Crippen LogP contribution is -2.09. The minimum Gasteiger partial charge on any atom is -0.383 e. The number of benzene rings is 1. The van der Waals surface area contributed by atoms with Crippen molar-refractivity contribution >= 4 is 23.2 Å². The van der Waals surface area contributed by atoms with Crippen molar-refractivity contribution in [3.8, 4) is 11.1 Å². The van der Waals surface area contributed by atoms with Crippen LogP contribution in [-0.4, -0.2) is 26.7 Å². The molecule has 1 aromatic carbocycles. The van der Waals surface area contributed by atoms with Crippen molar-refractivity contribution in [3.05, 3.63) is 40.8 Å². The number of anilines is 1. The summed E-state index contributed by atoms with van der Waals surface area (Å²) < 4.78 is 44.4. The first-order chi connectivity index (χ1) is 11.3. The first kappa shape index (κ1) is 16.5. The molecule has 10 heteroatoms. The van der Waals surface area contributed by atoms with Gasteiger partial charge in [-0.15, -0.1) is 5.10 Å². The molecule has 0 unspecified atom stereocenters. The van der Waals surface area contributed by atoms with Gasteiger partial charge >= 0.3 is 6.18 Å². The second kappa shape index (κ2) is 5.91. The van der Waals surface area contributed by atoms with Crippen molar-refractivity contribution < 1.29 is 17.9 Å². The molecule has 2 heterocycles. The van der Waals surface area contributed by atoms with Crippen LogP contribution >= 0.6 is 11.6 Å². The number of nitrogen functional groups attached to an aromatic ring is 1. The Hall–Kier alpha value is -2.39. The summed E-state index contributed by atoms with van der Waals surface area (Å²) in [6.07, 6.45) is -4.69. The Balaban J connectivity index is 2.28. The molecule has 0 atom stereocenters. The number of methoxy groups -OCH3 is 1. The lowest BCUT2D eigenvalue weighted by molar-refractivity contribution is -0.144. The number of alkyl halides is 3. The zero-order valence-corrected chi connectivity index (χ0v) is 13.1. The number of halogens is 4. The summed E-state index contributed by atoms with van der Waals surface area (Å²) in [5.74, 6) is -1.57. The van der Waals surface area contributed by atoms with Gasteiger partial charge in [0.2, 0.25) is 0 Å². The molecule has 2 aromatic heterocycles. The summed E-state index contributed by atoms with van der Waals surface area (Å²) in [4.78, 5) is 7.51. The number of ether oxygens (including phenoxy) is 1. The largest absolute Gasteiger partial charge is 0.453 e. The Morgan fingerprint density at radius 3 is 2.46 bits per heavy atom. The fraction of sp³-hybridized carbons (Fsp3) is 0.214. The number of hydrogen-bond donors (Lipinski definition) is 1. The molecule has 0 spiro atoms. The highest BCUT2D eigenvalue weighted by Crippen LogP contribution is 2.32. The normalized spacial score (nSPS) is 12.0. The fourth-order valence-electron chi connectivity index (χ4n) is 2.26. The van der Waals surface area contributed by atoms with Crippen LogP contribution in [0.4, 0.5) is 19.0 Å². The molecule has 3 rings (SSSR count). The predicted octanol–water partition coefficient (Wildman–Crippen LogP) is 3.19. The summed E-state index contributed by atoms with van der Waals surface area (Å²) in [5, 5.41) is 3.93. The standard InChI is InChI=1S/C14H11ClF3N5O/c1-24-6-9-10(7-2-4-8(15)5-3-7)11(19)23-13(20-9)21-12(22-23)14(16,17)18/h2-5H,6,19H2,1H3. The van der Waals surface area contributed by atoms with Crippen LogP contribution in [0, 0.1) is 0 Å². The molecule has 0 aliphatic carbocycles. The number of fused-ring (bicyclic) bond motifs is 1. The van der Waals surface area contributed by atoms with E-state index in [-0.39, 0.29) is 18.2 Å². The molecule has 0 radical (unpaired) electrons. The third-order valence-corrected chi connectivity index (χ3v) is 3.52. The molecular weight excluding hydrogens is 347 g/mol. The summed E-state index contributed by atoms with van der Waals surface area (Å²) in [6, 6.07) is 6.64. The first-order valence-corrected chi connectivity index (χ1v) is 7.06. The Labute approximate surface area is 139 Å². The zero-order valence-electron chi connectivity index (χ0n) is 12.3. The van der Waals surface area contributed by atoms with Crippen LogP contribution in [0.3, 0.4) is 0 Å². The van der Waals surface area contributed by atoms with Crippen LogP contribution in [0.25, 0.3) is 16.9 Å². The summed E-state index contributed by atoms with van der Waals surface area (Å²) in [7, 11) is 1.44. The highest BCUT2D eigenvalue weighted by molar-refractivity contribution is 6.30. The van der Waals surface area contributed by atoms with Gasteiger partial charge in [-0.1, -0.05) is 23.7 Å². The smallest absolute Gasteiger partial charge is 0.383 e. The van der Waals surface area contributed by atoms with Crippen molar-refractivity contribution in [3.63, 3.8) is 0 Å². The van der Waals surface area contributed by atoms with E-state index in [2.05, 4.69) is 15.1 Å². The van der Waals surface area contributed by atoms with Gasteiger partial charge in [-0.2, -0.15) is 22.7 Å². The minimum absolute atomic E-state index is 0.0163. The maximum atomic E-state index is 12.8. The van der Waals surface area contributed by atoms with E-state index in [0.717, 1.165) is 4.52 Å². The van der Waals surface area contributed by atoms with E-state index in [1.807, 2.05) is 0 Å². The molecule has 3 aromatic rings. The second-order valence-electron chi connectivity index (χ2n) is 4.90. The van der Waals surface area contributed by atoms with Crippen LogP contribution in [0.15, 0.2) is 24.3 Å². The molecule has 0 amide bonds. The Bertz CT molecular complexity index is 892. The Kier molecular flexibility index (Phi) is 4.06. The van der Waals surface area contributed by atoms with Crippen LogP contribution < -0.4 is 5.73 Å². The van der Waals surface area contributed by atoms with Crippen molar-refractivity contribution in [2.45, 2.75) is 12.8 Å². The highest BCUT2D eigenvalue weighted by Gasteiger charge is 2.37. The minimum atomic E-state index is -4.69. The van der Waals surface area contributed by atoms with Crippen molar-refractivity contribution in [1.82, 2.24) is 19.6 Å². The fourth-order valence-corrected chi connectivity index (χ4v) is 2.39. The number of hydrogen-bond acceptors (Lipinski definition) is 5. The lowest BCUT2D eigenvalue weighted by Gasteiger charge is -2.12. The van der Waals surface area contributed by atoms with E-state index in [1.54, 1.807) is 24.3 Å². The van der Waals surface area contributed by atoms with Gasteiger partial charge in [-0.05, 0) is 17.7 Å². The number of aromatic nitrogens is 4. The topological polar surface area (TPSA) is 78.3 Å². The lowest BCUT2D eigenvalue weighted by atomic mass is 10.0. The molecule has 0 bridgehead atoms. The maximum Gasteiger partial charge on any atom is 0.453 e. The molecule has 2 N–H and O–H groups in total. The zero-order chi connectivity index (χ0) is 17.5. The van der Waals surface area contributed by atoms with Gasteiger partial charge < -0.3 is 10.5 Å². The molecule has 0 saturated carbocycles. The predicted molar refractivity (Wildman–Crippen MR) is 81.4 cm³/mol. The molecule has 0 fully saturated rings. The maximum absolute atomic E-state index is 12.8. The molecule has 24 heavy (non-hydrogen) atoms. The summed E-state index contributed by atoms with van der Waals surface area (Å²) in [6.45, 7) is 0.0485. The molecule has 0 aliphatic heterocycles. The number of rotatable bonds is 3. The van der Waals surface area contributed by atoms with Crippen LogP contribution in [-0.2, 0) is 17.5 Å². The molecule has 6 nitrogen and oxygen atoms in total. The van der Waals surface area contributed by atoms with Crippen LogP contribution in [0.5, 0.6) is 0 Å². The van der Waals surface area contributed by atoms with Gasteiger partial charge in [-0.3, -0.25) is 0 Å². The van der Waals surface area contributed by atoms with Gasteiger partial charge in [0, 0.05) is 17.7 Å².